The van der Waals surface area contributed by atoms with E-state index >= 15 is 0 Å². The zero-order valence-corrected chi connectivity index (χ0v) is 8.97. The molecule has 0 unspecified atom stereocenters. The average molecular weight is 244 g/mol. The first-order chi connectivity index (χ1) is 6.97. The Labute approximate surface area is 89.9 Å². The molecule has 0 aliphatic carbocycles. The van der Waals surface area contributed by atoms with Crippen molar-refractivity contribution in [2.75, 3.05) is 0 Å². The van der Waals surface area contributed by atoms with E-state index in [-0.39, 0.29) is 10.5 Å². The predicted octanol–water partition coefficient (Wildman–Crippen LogP) is 1.46. The molecule has 0 aliphatic rings. The van der Waals surface area contributed by atoms with E-state index in [2.05, 4.69) is 4.98 Å². The molecule has 1 aromatic heterocycles. The molecule has 0 spiro atoms. The summed E-state index contributed by atoms with van der Waals surface area (Å²) in [4.78, 5) is 13.4. The normalized spacial score (nSPS) is 11.8. The van der Waals surface area contributed by atoms with Crippen LogP contribution in [0.1, 0.15) is 0 Å². The highest BCUT2D eigenvalue weighted by atomic mass is 35.7. The minimum absolute atomic E-state index is 0.0173. The average Bonchev–Trinajstić information content (AvgIpc) is 2.15. The van der Waals surface area contributed by atoms with Crippen molar-refractivity contribution in [3.63, 3.8) is 0 Å². The van der Waals surface area contributed by atoms with E-state index in [1.54, 1.807) is 6.07 Å². The summed E-state index contributed by atoms with van der Waals surface area (Å²) in [7, 11) is 1.47. The number of hydrogen-bond acceptors (Lipinski definition) is 3. The van der Waals surface area contributed by atoms with Gasteiger partial charge in [-0.05, 0) is 22.9 Å². The molecule has 0 radical (unpaired) electrons. The topological polar surface area (TPSA) is 67.0 Å². The van der Waals surface area contributed by atoms with Gasteiger partial charge in [0, 0.05) is 22.9 Å². The summed E-state index contributed by atoms with van der Waals surface area (Å²) in [6.45, 7) is 0. The van der Waals surface area contributed by atoms with Gasteiger partial charge < -0.3 is 4.98 Å². The van der Waals surface area contributed by atoms with Crippen molar-refractivity contribution < 1.29 is 8.42 Å². The SMILES string of the molecule is O=c1cc2ccc(S(=O)(=O)Cl)cc2c[nH]1. The van der Waals surface area contributed by atoms with Gasteiger partial charge in [0.25, 0.3) is 9.05 Å². The molecule has 78 valence electrons. The van der Waals surface area contributed by atoms with E-state index in [4.69, 9.17) is 10.7 Å². The van der Waals surface area contributed by atoms with Gasteiger partial charge in [-0.1, -0.05) is 6.07 Å². The second kappa shape index (κ2) is 3.36. The molecule has 0 fully saturated rings. The maximum atomic E-state index is 11.0. The molecule has 2 rings (SSSR count). The van der Waals surface area contributed by atoms with Gasteiger partial charge in [0.05, 0.1) is 4.90 Å². The van der Waals surface area contributed by atoms with Crippen LogP contribution in [0.3, 0.4) is 0 Å². The minimum Gasteiger partial charge on any atom is -0.328 e. The number of fused-ring (bicyclic) bond motifs is 1. The molecule has 1 heterocycles. The molecule has 0 bridgehead atoms. The third-order valence-electron chi connectivity index (χ3n) is 2.00. The number of benzene rings is 1. The molecule has 1 aromatic carbocycles. The zero-order valence-electron chi connectivity index (χ0n) is 7.40. The highest BCUT2D eigenvalue weighted by molar-refractivity contribution is 8.13. The predicted molar refractivity (Wildman–Crippen MR) is 57.6 cm³/mol. The molecule has 0 amide bonds. The first-order valence-corrected chi connectivity index (χ1v) is 6.35. The highest BCUT2D eigenvalue weighted by Crippen LogP contribution is 2.19. The Morgan fingerprint density at radius 2 is 1.87 bits per heavy atom. The Morgan fingerprint density at radius 1 is 1.13 bits per heavy atom. The fourth-order valence-corrected chi connectivity index (χ4v) is 2.08. The number of nitrogens with one attached hydrogen (secondary N) is 1. The van der Waals surface area contributed by atoms with Crippen molar-refractivity contribution in [3.05, 3.63) is 40.8 Å². The lowest BCUT2D eigenvalue weighted by Gasteiger charge is -1.99. The van der Waals surface area contributed by atoms with E-state index in [0.29, 0.717) is 10.8 Å². The summed E-state index contributed by atoms with van der Waals surface area (Å²) in [5.41, 5.74) is -0.232. The van der Waals surface area contributed by atoms with Crippen LogP contribution in [-0.4, -0.2) is 13.4 Å². The maximum Gasteiger partial charge on any atom is 0.261 e. The molecular weight excluding hydrogens is 238 g/mol. The number of pyridine rings is 1. The van der Waals surface area contributed by atoms with Crippen molar-refractivity contribution in [1.82, 2.24) is 4.98 Å². The molecule has 4 nitrogen and oxygen atoms in total. The van der Waals surface area contributed by atoms with Gasteiger partial charge in [-0.15, -0.1) is 0 Å². The Hall–Kier alpha value is -1.33. The van der Waals surface area contributed by atoms with Crippen molar-refractivity contribution in [2.24, 2.45) is 0 Å². The molecule has 1 N–H and O–H groups in total. The lowest BCUT2D eigenvalue weighted by Crippen LogP contribution is -2.01. The van der Waals surface area contributed by atoms with E-state index < -0.39 is 9.05 Å². The Bertz CT molecular complexity index is 675. The van der Waals surface area contributed by atoms with Gasteiger partial charge in [0.15, 0.2) is 0 Å². The van der Waals surface area contributed by atoms with E-state index in [1.807, 2.05) is 0 Å². The van der Waals surface area contributed by atoms with Crippen molar-refractivity contribution >= 4 is 30.5 Å². The largest absolute Gasteiger partial charge is 0.328 e. The van der Waals surface area contributed by atoms with E-state index in [1.165, 1.54) is 24.4 Å². The molecular formula is C9H6ClNO3S. The third kappa shape index (κ3) is 2.03. The number of hydrogen-bond donors (Lipinski definition) is 1. The number of H-pyrrole nitrogens is 1. The van der Waals surface area contributed by atoms with Crippen molar-refractivity contribution in [1.29, 1.82) is 0 Å². The standard InChI is InChI=1S/C9H6ClNO3S/c10-15(13,14)8-2-1-6-4-9(12)11-5-7(6)3-8/h1-5H,(H,11,12). The van der Waals surface area contributed by atoms with Gasteiger partial charge in [-0.2, -0.15) is 0 Å². The first kappa shape index (κ1) is 10.2. The molecule has 2 aromatic rings. The fourth-order valence-electron chi connectivity index (χ4n) is 1.29. The van der Waals surface area contributed by atoms with Crippen LogP contribution in [0.4, 0.5) is 0 Å². The smallest absolute Gasteiger partial charge is 0.261 e. The molecule has 0 saturated heterocycles. The van der Waals surface area contributed by atoms with E-state index in [9.17, 15) is 13.2 Å². The van der Waals surface area contributed by atoms with Crippen LogP contribution in [0, 0.1) is 0 Å². The molecule has 6 heteroatoms. The fraction of sp³-hybridized carbons (Fsp3) is 0. The third-order valence-corrected chi connectivity index (χ3v) is 3.35. The maximum absolute atomic E-state index is 11.0. The van der Waals surface area contributed by atoms with E-state index in [0.717, 1.165) is 0 Å². The molecule has 0 saturated carbocycles. The number of halogens is 1. The Kier molecular flexibility index (Phi) is 2.28. The quantitative estimate of drug-likeness (QED) is 0.771. The Balaban J connectivity index is 2.78. The number of aromatic nitrogens is 1. The summed E-state index contributed by atoms with van der Waals surface area (Å²) in [6, 6.07) is 5.71. The number of rotatable bonds is 1. The monoisotopic (exact) mass is 243 g/mol. The first-order valence-electron chi connectivity index (χ1n) is 4.04. The van der Waals surface area contributed by atoms with Gasteiger partial charge >= 0.3 is 0 Å². The van der Waals surface area contributed by atoms with Crippen LogP contribution < -0.4 is 5.56 Å². The molecule has 0 atom stereocenters. The lowest BCUT2D eigenvalue weighted by atomic mass is 10.2. The van der Waals surface area contributed by atoms with Crippen LogP contribution >= 0.6 is 10.7 Å². The second-order valence-electron chi connectivity index (χ2n) is 3.03. The van der Waals surface area contributed by atoms with Gasteiger partial charge in [0.1, 0.15) is 0 Å². The Morgan fingerprint density at radius 3 is 2.53 bits per heavy atom. The van der Waals surface area contributed by atoms with Gasteiger partial charge in [-0.3, -0.25) is 4.79 Å². The van der Waals surface area contributed by atoms with Gasteiger partial charge in [-0.25, -0.2) is 8.42 Å². The minimum atomic E-state index is -3.72. The lowest BCUT2D eigenvalue weighted by molar-refractivity contribution is 0.609. The summed E-state index contributed by atoms with van der Waals surface area (Å²) >= 11 is 0. The van der Waals surface area contributed by atoms with Crippen LogP contribution in [0.5, 0.6) is 0 Å². The van der Waals surface area contributed by atoms with Crippen LogP contribution in [-0.2, 0) is 9.05 Å². The summed E-state index contributed by atoms with van der Waals surface area (Å²) in [5, 5.41) is 1.29. The van der Waals surface area contributed by atoms with Crippen LogP contribution in [0.25, 0.3) is 10.8 Å². The van der Waals surface area contributed by atoms with Crippen LogP contribution in [0.2, 0.25) is 0 Å². The summed E-state index contributed by atoms with van der Waals surface area (Å²) < 4.78 is 22.1. The summed E-state index contributed by atoms with van der Waals surface area (Å²) in [6.07, 6.45) is 1.45. The molecule has 0 aliphatic heterocycles. The van der Waals surface area contributed by atoms with Gasteiger partial charge in [0.2, 0.25) is 5.56 Å². The highest BCUT2D eigenvalue weighted by Gasteiger charge is 2.09. The van der Waals surface area contributed by atoms with Crippen molar-refractivity contribution in [2.45, 2.75) is 4.90 Å². The zero-order chi connectivity index (χ0) is 11.1. The second-order valence-corrected chi connectivity index (χ2v) is 5.59. The van der Waals surface area contributed by atoms with Crippen molar-refractivity contribution in [3.8, 4) is 0 Å². The summed E-state index contributed by atoms with van der Waals surface area (Å²) in [5.74, 6) is 0. The molecule has 15 heavy (non-hydrogen) atoms. The number of aromatic amines is 1. The van der Waals surface area contributed by atoms with Crippen LogP contribution in [0.15, 0.2) is 40.2 Å².